The van der Waals surface area contributed by atoms with Crippen LogP contribution in [0.15, 0.2) is 42.6 Å². The number of halogens is 1. The zero-order valence-corrected chi connectivity index (χ0v) is 15.3. The maximum absolute atomic E-state index is 13.0. The largest absolute Gasteiger partial charge is 0.457 e. The van der Waals surface area contributed by atoms with E-state index in [2.05, 4.69) is 9.88 Å². The summed E-state index contributed by atoms with van der Waals surface area (Å²) >= 11 is 0. The average Bonchev–Trinajstić information content (AvgIpc) is 2.88. The van der Waals surface area contributed by atoms with E-state index in [1.54, 1.807) is 30.5 Å². The number of hydrogen-bond acceptors (Lipinski definition) is 4. The first-order valence-electron chi connectivity index (χ1n) is 9.62. The Balaban J connectivity index is 1.41. The third kappa shape index (κ3) is 4.27. The molecule has 2 heterocycles. The summed E-state index contributed by atoms with van der Waals surface area (Å²) in [6, 6.07) is 9.86. The second-order valence-electron chi connectivity index (χ2n) is 7.20. The number of nitrogens with zero attached hydrogens (tertiary/aromatic N) is 3. The van der Waals surface area contributed by atoms with Gasteiger partial charge in [-0.25, -0.2) is 4.39 Å². The van der Waals surface area contributed by atoms with Crippen LogP contribution in [0.25, 0.3) is 0 Å². The summed E-state index contributed by atoms with van der Waals surface area (Å²) in [6.45, 7) is 3.49. The zero-order chi connectivity index (χ0) is 18.6. The van der Waals surface area contributed by atoms with Crippen molar-refractivity contribution >= 4 is 5.91 Å². The quantitative estimate of drug-likeness (QED) is 0.824. The van der Waals surface area contributed by atoms with Gasteiger partial charge in [0.2, 0.25) is 0 Å². The Morgan fingerprint density at radius 2 is 1.81 bits per heavy atom. The number of amides is 1. The highest BCUT2D eigenvalue weighted by molar-refractivity contribution is 5.92. The highest BCUT2D eigenvalue weighted by atomic mass is 19.1. The molecule has 0 radical (unpaired) electrons. The van der Waals surface area contributed by atoms with Gasteiger partial charge in [0, 0.05) is 44.5 Å². The summed E-state index contributed by atoms with van der Waals surface area (Å²) in [5.74, 6) is 0.665. The Morgan fingerprint density at radius 3 is 2.56 bits per heavy atom. The van der Waals surface area contributed by atoms with E-state index in [-0.39, 0.29) is 11.7 Å². The van der Waals surface area contributed by atoms with Gasteiger partial charge < -0.3 is 9.64 Å². The predicted octanol–water partition coefficient (Wildman–Crippen LogP) is 3.71. The summed E-state index contributed by atoms with van der Waals surface area (Å²) in [6.07, 6.45) is 6.48. The van der Waals surface area contributed by atoms with Crippen LogP contribution in [0.4, 0.5) is 4.39 Å². The van der Waals surface area contributed by atoms with Gasteiger partial charge in [0.25, 0.3) is 5.91 Å². The van der Waals surface area contributed by atoms with Crippen molar-refractivity contribution in [1.29, 1.82) is 0 Å². The Hall–Kier alpha value is -2.47. The molecule has 1 saturated carbocycles. The van der Waals surface area contributed by atoms with Crippen LogP contribution in [0.5, 0.6) is 11.5 Å². The van der Waals surface area contributed by atoms with Crippen molar-refractivity contribution in [3.63, 3.8) is 0 Å². The lowest BCUT2D eigenvalue weighted by Crippen LogP contribution is -2.42. The topological polar surface area (TPSA) is 45.7 Å². The number of carbonyl (C=O) groups excluding carboxylic acids is 1. The Kier molecular flexibility index (Phi) is 5.34. The molecule has 142 valence electrons. The van der Waals surface area contributed by atoms with E-state index in [0.29, 0.717) is 23.2 Å². The SMILES string of the molecule is O=C(c1cc(Oc2ccc(F)cc2)ccn1)N1CCCN(C2CCC2)CC1. The summed E-state index contributed by atoms with van der Waals surface area (Å²) < 4.78 is 18.7. The van der Waals surface area contributed by atoms with Crippen molar-refractivity contribution in [3.05, 3.63) is 54.1 Å². The first-order valence-corrected chi connectivity index (χ1v) is 9.62. The second kappa shape index (κ2) is 8.05. The van der Waals surface area contributed by atoms with Gasteiger partial charge in [-0.3, -0.25) is 14.7 Å². The van der Waals surface area contributed by atoms with Gasteiger partial charge >= 0.3 is 0 Å². The molecule has 0 unspecified atom stereocenters. The normalized spacial score (nSPS) is 18.6. The van der Waals surface area contributed by atoms with Gasteiger partial charge in [-0.2, -0.15) is 0 Å². The van der Waals surface area contributed by atoms with Crippen LogP contribution in [-0.4, -0.2) is 52.9 Å². The molecule has 1 saturated heterocycles. The average molecular weight is 369 g/mol. The van der Waals surface area contributed by atoms with Crippen LogP contribution in [-0.2, 0) is 0 Å². The Labute approximate surface area is 158 Å². The van der Waals surface area contributed by atoms with Gasteiger partial charge in [0.15, 0.2) is 0 Å². The Bertz CT molecular complexity index is 792. The van der Waals surface area contributed by atoms with E-state index in [0.717, 1.165) is 32.6 Å². The van der Waals surface area contributed by atoms with Gasteiger partial charge in [-0.05, 0) is 49.6 Å². The van der Waals surface area contributed by atoms with Crippen molar-refractivity contribution in [2.75, 3.05) is 26.2 Å². The van der Waals surface area contributed by atoms with Crippen LogP contribution >= 0.6 is 0 Å². The van der Waals surface area contributed by atoms with E-state index in [9.17, 15) is 9.18 Å². The van der Waals surface area contributed by atoms with E-state index in [1.165, 1.54) is 31.4 Å². The molecule has 5 nitrogen and oxygen atoms in total. The number of ether oxygens (including phenoxy) is 1. The maximum atomic E-state index is 13.0. The summed E-state index contributed by atoms with van der Waals surface area (Å²) in [7, 11) is 0. The van der Waals surface area contributed by atoms with Gasteiger partial charge in [-0.1, -0.05) is 6.42 Å². The molecule has 2 aromatic rings. The smallest absolute Gasteiger partial charge is 0.272 e. The van der Waals surface area contributed by atoms with E-state index >= 15 is 0 Å². The molecule has 0 N–H and O–H groups in total. The first kappa shape index (κ1) is 17.9. The minimum Gasteiger partial charge on any atom is -0.457 e. The fourth-order valence-corrected chi connectivity index (χ4v) is 3.65. The zero-order valence-electron chi connectivity index (χ0n) is 15.3. The van der Waals surface area contributed by atoms with Crippen LogP contribution in [0.3, 0.4) is 0 Å². The van der Waals surface area contributed by atoms with Crippen LogP contribution in [0.1, 0.15) is 36.2 Å². The van der Waals surface area contributed by atoms with Crippen molar-refractivity contribution in [1.82, 2.24) is 14.8 Å². The number of benzene rings is 1. The number of pyridine rings is 1. The lowest BCUT2D eigenvalue weighted by atomic mass is 9.91. The molecule has 1 aliphatic carbocycles. The molecule has 6 heteroatoms. The van der Waals surface area contributed by atoms with Gasteiger partial charge in [-0.15, -0.1) is 0 Å². The Morgan fingerprint density at radius 1 is 1.00 bits per heavy atom. The highest BCUT2D eigenvalue weighted by Gasteiger charge is 2.28. The van der Waals surface area contributed by atoms with E-state index < -0.39 is 0 Å². The maximum Gasteiger partial charge on any atom is 0.272 e. The fourth-order valence-electron chi connectivity index (χ4n) is 3.65. The van der Waals surface area contributed by atoms with Crippen molar-refractivity contribution < 1.29 is 13.9 Å². The molecule has 2 aliphatic rings. The number of aromatic nitrogens is 1. The third-order valence-electron chi connectivity index (χ3n) is 5.41. The minimum absolute atomic E-state index is 0.0602. The molecule has 0 bridgehead atoms. The number of carbonyl (C=O) groups is 1. The second-order valence-corrected chi connectivity index (χ2v) is 7.20. The molecule has 1 amide bonds. The van der Waals surface area contributed by atoms with Crippen molar-refractivity contribution in [3.8, 4) is 11.5 Å². The van der Waals surface area contributed by atoms with Gasteiger partial charge in [0.05, 0.1) is 0 Å². The molecule has 0 atom stereocenters. The molecule has 1 aromatic carbocycles. The van der Waals surface area contributed by atoms with E-state index in [4.69, 9.17) is 4.74 Å². The lowest BCUT2D eigenvalue weighted by Gasteiger charge is -2.36. The van der Waals surface area contributed by atoms with Crippen molar-refractivity contribution in [2.24, 2.45) is 0 Å². The molecule has 27 heavy (non-hydrogen) atoms. The summed E-state index contributed by atoms with van der Waals surface area (Å²) in [5, 5.41) is 0. The molecular formula is C21H24FN3O2. The molecule has 1 aliphatic heterocycles. The number of hydrogen-bond donors (Lipinski definition) is 0. The van der Waals surface area contributed by atoms with Crippen LogP contribution in [0.2, 0.25) is 0 Å². The standard InChI is InChI=1S/C21H24FN3O2/c22-16-5-7-18(8-6-16)27-19-9-10-23-20(15-19)21(26)25-12-2-11-24(13-14-25)17-3-1-4-17/h5-10,15,17H,1-4,11-14H2. The predicted molar refractivity (Wildman–Crippen MR) is 100 cm³/mol. The van der Waals surface area contributed by atoms with E-state index in [1.807, 2.05) is 4.90 Å². The molecule has 4 rings (SSSR count). The fraction of sp³-hybridized carbons (Fsp3) is 0.429. The molecule has 0 spiro atoms. The summed E-state index contributed by atoms with van der Waals surface area (Å²) in [4.78, 5) is 21.6. The molecule has 2 fully saturated rings. The monoisotopic (exact) mass is 369 g/mol. The van der Waals surface area contributed by atoms with Crippen LogP contribution in [0, 0.1) is 5.82 Å². The summed E-state index contributed by atoms with van der Waals surface area (Å²) in [5.41, 5.74) is 0.381. The number of rotatable bonds is 4. The highest BCUT2D eigenvalue weighted by Crippen LogP contribution is 2.26. The minimum atomic E-state index is -0.315. The third-order valence-corrected chi connectivity index (χ3v) is 5.41. The van der Waals surface area contributed by atoms with Crippen LogP contribution < -0.4 is 4.74 Å². The van der Waals surface area contributed by atoms with Gasteiger partial charge in [0.1, 0.15) is 23.0 Å². The molecular weight excluding hydrogens is 345 g/mol. The molecule has 1 aromatic heterocycles. The first-order chi connectivity index (χ1) is 13.2. The van der Waals surface area contributed by atoms with Crippen molar-refractivity contribution in [2.45, 2.75) is 31.7 Å². The lowest BCUT2D eigenvalue weighted by molar-refractivity contribution is 0.0743.